The van der Waals surface area contributed by atoms with Gasteiger partial charge in [0.15, 0.2) is 0 Å². The Kier molecular flexibility index (Phi) is 5.65. The molecule has 0 saturated heterocycles. The molecule has 2 amide bonds. The molecule has 0 saturated carbocycles. The molecule has 2 N–H and O–H groups in total. The quantitative estimate of drug-likeness (QED) is 0.842. The predicted molar refractivity (Wildman–Crippen MR) is 75.9 cm³/mol. The molecule has 100 valence electrons. The van der Waals surface area contributed by atoms with E-state index in [1.807, 2.05) is 31.2 Å². The van der Waals surface area contributed by atoms with Gasteiger partial charge in [0.05, 0.1) is 0 Å². The summed E-state index contributed by atoms with van der Waals surface area (Å²) >= 11 is 0. The molecule has 1 aromatic carbocycles. The maximum absolute atomic E-state index is 11.7. The lowest BCUT2D eigenvalue weighted by Crippen LogP contribution is -2.30. The van der Waals surface area contributed by atoms with E-state index >= 15 is 0 Å². The normalized spacial score (nSPS) is 12.0. The second kappa shape index (κ2) is 7.01. The van der Waals surface area contributed by atoms with Crippen molar-refractivity contribution in [2.45, 2.75) is 26.8 Å². The van der Waals surface area contributed by atoms with Crippen molar-refractivity contribution in [3.63, 3.8) is 0 Å². The SMILES string of the molecule is CCNC(C)c1ccc(NC(=O)N(C)CC)cc1. The topological polar surface area (TPSA) is 44.4 Å². The number of hydrogen-bond donors (Lipinski definition) is 2. The van der Waals surface area contributed by atoms with Crippen LogP contribution in [0.4, 0.5) is 10.5 Å². The van der Waals surface area contributed by atoms with Crippen LogP contribution in [0.1, 0.15) is 32.4 Å². The minimum Gasteiger partial charge on any atom is -0.328 e. The first kappa shape index (κ1) is 14.5. The Balaban J connectivity index is 2.63. The van der Waals surface area contributed by atoms with Crippen molar-refractivity contribution in [1.82, 2.24) is 10.2 Å². The summed E-state index contributed by atoms with van der Waals surface area (Å²) in [6.07, 6.45) is 0. The van der Waals surface area contributed by atoms with Gasteiger partial charge in [0, 0.05) is 25.3 Å². The molecule has 4 nitrogen and oxygen atoms in total. The van der Waals surface area contributed by atoms with Gasteiger partial charge in [0.1, 0.15) is 0 Å². The standard InChI is InChI=1S/C14H23N3O/c1-5-15-11(3)12-7-9-13(10-8-12)16-14(18)17(4)6-2/h7-11,15H,5-6H2,1-4H3,(H,16,18). The maximum Gasteiger partial charge on any atom is 0.321 e. The van der Waals surface area contributed by atoms with E-state index in [2.05, 4.69) is 24.5 Å². The molecule has 0 aliphatic carbocycles. The van der Waals surface area contributed by atoms with Crippen molar-refractivity contribution in [3.8, 4) is 0 Å². The third-order valence-corrected chi connectivity index (χ3v) is 2.99. The van der Waals surface area contributed by atoms with E-state index in [1.54, 1.807) is 11.9 Å². The van der Waals surface area contributed by atoms with Gasteiger partial charge < -0.3 is 15.5 Å². The molecule has 0 spiro atoms. The van der Waals surface area contributed by atoms with E-state index in [0.29, 0.717) is 12.6 Å². The Hall–Kier alpha value is -1.55. The number of nitrogens with one attached hydrogen (secondary N) is 2. The first-order chi connectivity index (χ1) is 8.58. The molecule has 4 heteroatoms. The largest absolute Gasteiger partial charge is 0.328 e. The van der Waals surface area contributed by atoms with Crippen LogP contribution in [0.25, 0.3) is 0 Å². The van der Waals surface area contributed by atoms with Gasteiger partial charge >= 0.3 is 6.03 Å². The molecule has 0 heterocycles. The molecule has 18 heavy (non-hydrogen) atoms. The molecule has 0 fully saturated rings. The molecule has 0 bridgehead atoms. The summed E-state index contributed by atoms with van der Waals surface area (Å²) < 4.78 is 0. The monoisotopic (exact) mass is 249 g/mol. The number of carbonyl (C=O) groups excluding carboxylic acids is 1. The first-order valence-electron chi connectivity index (χ1n) is 6.44. The summed E-state index contributed by atoms with van der Waals surface area (Å²) in [5.74, 6) is 0. The zero-order valence-corrected chi connectivity index (χ0v) is 11.7. The number of anilines is 1. The molecule has 0 aromatic heterocycles. The van der Waals surface area contributed by atoms with E-state index in [0.717, 1.165) is 12.2 Å². The van der Waals surface area contributed by atoms with E-state index in [-0.39, 0.29) is 6.03 Å². The Morgan fingerprint density at radius 3 is 2.39 bits per heavy atom. The fraction of sp³-hybridized carbons (Fsp3) is 0.500. The molecule has 1 atom stereocenters. The van der Waals surface area contributed by atoms with Gasteiger partial charge in [-0.25, -0.2) is 4.79 Å². The van der Waals surface area contributed by atoms with Gasteiger partial charge in [-0.3, -0.25) is 0 Å². The van der Waals surface area contributed by atoms with Crippen molar-refractivity contribution >= 4 is 11.7 Å². The van der Waals surface area contributed by atoms with Gasteiger partial charge in [-0.15, -0.1) is 0 Å². The lowest BCUT2D eigenvalue weighted by atomic mass is 10.1. The van der Waals surface area contributed by atoms with Crippen molar-refractivity contribution in [2.24, 2.45) is 0 Å². The maximum atomic E-state index is 11.7. The zero-order valence-electron chi connectivity index (χ0n) is 11.7. The fourth-order valence-electron chi connectivity index (χ4n) is 1.64. The van der Waals surface area contributed by atoms with Crippen molar-refractivity contribution in [2.75, 3.05) is 25.5 Å². The second-order valence-corrected chi connectivity index (χ2v) is 4.35. The first-order valence-corrected chi connectivity index (χ1v) is 6.44. The highest BCUT2D eigenvalue weighted by Gasteiger charge is 2.07. The number of hydrogen-bond acceptors (Lipinski definition) is 2. The minimum atomic E-state index is -0.0787. The average molecular weight is 249 g/mol. The third-order valence-electron chi connectivity index (χ3n) is 2.99. The molecule has 1 aromatic rings. The summed E-state index contributed by atoms with van der Waals surface area (Å²) in [6, 6.07) is 8.20. The molecular weight excluding hydrogens is 226 g/mol. The Morgan fingerprint density at radius 2 is 1.89 bits per heavy atom. The zero-order chi connectivity index (χ0) is 13.5. The van der Waals surface area contributed by atoms with Crippen LogP contribution < -0.4 is 10.6 Å². The van der Waals surface area contributed by atoms with Gasteiger partial charge in [-0.2, -0.15) is 0 Å². The average Bonchev–Trinajstić information content (AvgIpc) is 2.38. The number of urea groups is 1. The van der Waals surface area contributed by atoms with Crippen LogP contribution in [0.3, 0.4) is 0 Å². The van der Waals surface area contributed by atoms with Crippen molar-refractivity contribution in [1.29, 1.82) is 0 Å². The molecule has 0 aliphatic rings. The van der Waals surface area contributed by atoms with Gasteiger partial charge in [-0.1, -0.05) is 19.1 Å². The predicted octanol–water partition coefficient (Wildman–Crippen LogP) is 2.84. The van der Waals surface area contributed by atoms with Crippen LogP contribution in [0, 0.1) is 0 Å². The number of rotatable bonds is 5. The summed E-state index contributed by atoms with van der Waals surface area (Å²) in [5.41, 5.74) is 2.05. The van der Waals surface area contributed by atoms with Gasteiger partial charge in [-0.05, 0) is 38.1 Å². The third kappa shape index (κ3) is 4.04. The molecular formula is C14H23N3O. The number of amides is 2. The minimum absolute atomic E-state index is 0.0787. The van der Waals surface area contributed by atoms with Crippen LogP contribution in [0.2, 0.25) is 0 Å². The number of carbonyl (C=O) groups is 1. The van der Waals surface area contributed by atoms with E-state index in [1.165, 1.54) is 5.56 Å². The smallest absolute Gasteiger partial charge is 0.321 e. The van der Waals surface area contributed by atoms with Crippen molar-refractivity contribution < 1.29 is 4.79 Å². The number of benzene rings is 1. The summed E-state index contributed by atoms with van der Waals surface area (Å²) in [5, 5.41) is 6.21. The number of nitrogens with zero attached hydrogens (tertiary/aromatic N) is 1. The lowest BCUT2D eigenvalue weighted by Gasteiger charge is -2.16. The molecule has 0 radical (unpaired) electrons. The van der Waals surface area contributed by atoms with Crippen LogP contribution in [0.5, 0.6) is 0 Å². The Bertz CT molecular complexity index is 375. The van der Waals surface area contributed by atoms with Crippen LogP contribution in [0.15, 0.2) is 24.3 Å². The van der Waals surface area contributed by atoms with Gasteiger partial charge in [0.2, 0.25) is 0 Å². The van der Waals surface area contributed by atoms with Gasteiger partial charge in [0.25, 0.3) is 0 Å². The molecule has 0 aliphatic heterocycles. The Morgan fingerprint density at radius 1 is 1.28 bits per heavy atom. The highest BCUT2D eigenvalue weighted by molar-refractivity contribution is 5.89. The van der Waals surface area contributed by atoms with Crippen molar-refractivity contribution in [3.05, 3.63) is 29.8 Å². The van der Waals surface area contributed by atoms with Crippen LogP contribution >= 0.6 is 0 Å². The fourth-order valence-corrected chi connectivity index (χ4v) is 1.64. The van der Waals surface area contributed by atoms with Crippen LogP contribution in [-0.4, -0.2) is 31.1 Å². The Labute approximate surface area is 109 Å². The highest BCUT2D eigenvalue weighted by atomic mass is 16.2. The van der Waals surface area contributed by atoms with Crippen LogP contribution in [-0.2, 0) is 0 Å². The van der Waals surface area contributed by atoms with E-state index in [9.17, 15) is 4.79 Å². The molecule has 1 rings (SSSR count). The van der Waals surface area contributed by atoms with E-state index in [4.69, 9.17) is 0 Å². The lowest BCUT2D eigenvalue weighted by molar-refractivity contribution is 0.224. The summed E-state index contributed by atoms with van der Waals surface area (Å²) in [7, 11) is 1.77. The highest BCUT2D eigenvalue weighted by Crippen LogP contribution is 2.16. The second-order valence-electron chi connectivity index (χ2n) is 4.35. The van der Waals surface area contributed by atoms with E-state index < -0.39 is 0 Å². The summed E-state index contributed by atoms with van der Waals surface area (Å²) in [6.45, 7) is 7.80. The summed E-state index contributed by atoms with van der Waals surface area (Å²) in [4.78, 5) is 13.3. The molecule has 1 unspecified atom stereocenters.